The fourth-order valence-electron chi connectivity index (χ4n) is 1.63. The van der Waals surface area contributed by atoms with Gasteiger partial charge in [0.25, 0.3) is 0 Å². The fraction of sp³-hybridized carbons (Fsp3) is 0.273. The van der Waals surface area contributed by atoms with E-state index < -0.39 is 23.8 Å². The van der Waals surface area contributed by atoms with Crippen LogP contribution in [0.4, 0.5) is 13.2 Å². The van der Waals surface area contributed by atoms with Crippen LogP contribution in [0.5, 0.6) is 0 Å². The highest BCUT2D eigenvalue weighted by Crippen LogP contribution is 2.37. The Balaban J connectivity index is 2.54. The van der Waals surface area contributed by atoms with Crippen LogP contribution >= 0.6 is 15.9 Å². The first-order valence-corrected chi connectivity index (χ1v) is 6.39. The van der Waals surface area contributed by atoms with Crippen molar-refractivity contribution in [3.63, 3.8) is 0 Å². The van der Waals surface area contributed by atoms with E-state index in [1.807, 2.05) is 0 Å². The Labute approximate surface area is 124 Å². The number of carbonyl (C=O) groups is 1. The Kier molecular flexibility index (Phi) is 3.99. The number of alkyl halides is 3. The molecule has 0 fully saturated rings. The van der Waals surface area contributed by atoms with Crippen LogP contribution in [-0.2, 0) is 11.0 Å². The third-order valence-corrected chi connectivity index (χ3v) is 3.44. The Bertz CT molecular complexity index is 686. The van der Waals surface area contributed by atoms with Gasteiger partial charge in [0, 0.05) is 10.0 Å². The van der Waals surface area contributed by atoms with Crippen molar-refractivity contribution in [1.29, 1.82) is 0 Å². The molecule has 6 nitrogen and oxygen atoms in total. The second kappa shape index (κ2) is 5.43. The van der Waals surface area contributed by atoms with Crippen molar-refractivity contribution >= 4 is 21.9 Å². The molecule has 0 aliphatic carbocycles. The van der Waals surface area contributed by atoms with Crippen molar-refractivity contribution in [2.45, 2.75) is 19.1 Å². The van der Waals surface area contributed by atoms with E-state index in [4.69, 9.17) is 5.11 Å². The van der Waals surface area contributed by atoms with E-state index in [0.717, 1.165) is 10.7 Å². The lowest BCUT2D eigenvalue weighted by atomic mass is 10.1. The van der Waals surface area contributed by atoms with Crippen LogP contribution in [-0.4, -0.2) is 31.3 Å². The molecule has 1 aromatic heterocycles. The number of rotatable bonds is 3. The van der Waals surface area contributed by atoms with Crippen molar-refractivity contribution in [2.24, 2.45) is 0 Å². The molecule has 2 aromatic rings. The van der Waals surface area contributed by atoms with E-state index in [-0.39, 0.29) is 15.9 Å². The summed E-state index contributed by atoms with van der Waals surface area (Å²) in [6.45, 7) is 1.33. The lowest BCUT2D eigenvalue weighted by molar-refractivity contribution is -0.141. The molecule has 2 rings (SSSR count). The summed E-state index contributed by atoms with van der Waals surface area (Å²) in [7, 11) is 0. The smallest absolute Gasteiger partial charge is 0.417 e. The van der Waals surface area contributed by atoms with Crippen LogP contribution in [0.15, 0.2) is 22.7 Å². The van der Waals surface area contributed by atoms with Gasteiger partial charge in [-0.2, -0.15) is 13.2 Å². The summed E-state index contributed by atoms with van der Waals surface area (Å²) < 4.78 is 39.5. The molecule has 1 unspecified atom stereocenters. The number of halogens is 4. The van der Waals surface area contributed by atoms with Crippen molar-refractivity contribution in [2.75, 3.05) is 0 Å². The van der Waals surface area contributed by atoms with Crippen LogP contribution in [0.1, 0.15) is 18.5 Å². The van der Waals surface area contributed by atoms with Gasteiger partial charge in [-0.1, -0.05) is 15.9 Å². The van der Waals surface area contributed by atoms with Crippen molar-refractivity contribution < 1.29 is 23.1 Å². The molecule has 0 aliphatic heterocycles. The topological polar surface area (TPSA) is 80.9 Å². The van der Waals surface area contributed by atoms with Gasteiger partial charge in [-0.15, -0.1) is 5.10 Å². The Hall–Kier alpha value is -1.97. The third-order valence-electron chi connectivity index (χ3n) is 2.75. The second-order valence-corrected chi connectivity index (χ2v) is 5.01. The number of carboxylic acid groups (broad SMARTS) is 1. The largest absolute Gasteiger partial charge is 0.480 e. The number of benzene rings is 1. The Morgan fingerprint density at radius 3 is 2.67 bits per heavy atom. The second-order valence-electron chi connectivity index (χ2n) is 4.15. The highest BCUT2D eigenvalue weighted by molar-refractivity contribution is 9.10. The summed E-state index contributed by atoms with van der Waals surface area (Å²) in [4.78, 5) is 11.0. The molecular weight excluding hydrogens is 357 g/mol. The van der Waals surface area contributed by atoms with E-state index in [9.17, 15) is 18.0 Å². The predicted octanol–water partition coefficient (Wildman–Crippen LogP) is 2.77. The van der Waals surface area contributed by atoms with E-state index >= 15 is 0 Å². The molecular formula is C11H8BrF3N4O2. The van der Waals surface area contributed by atoms with Gasteiger partial charge in [0.05, 0.1) is 5.56 Å². The molecule has 0 saturated carbocycles. The highest BCUT2D eigenvalue weighted by Gasteiger charge is 2.33. The maximum absolute atomic E-state index is 12.9. The molecule has 21 heavy (non-hydrogen) atoms. The molecule has 0 aliphatic rings. The van der Waals surface area contributed by atoms with Crippen LogP contribution in [0.25, 0.3) is 11.4 Å². The maximum atomic E-state index is 12.9. The number of hydrogen-bond acceptors (Lipinski definition) is 4. The molecule has 0 saturated heterocycles. The molecule has 0 amide bonds. The Morgan fingerprint density at radius 2 is 2.10 bits per heavy atom. The first kappa shape index (κ1) is 15.4. The van der Waals surface area contributed by atoms with E-state index in [1.165, 1.54) is 19.1 Å². The van der Waals surface area contributed by atoms with Crippen molar-refractivity contribution in [3.8, 4) is 11.4 Å². The lowest BCUT2D eigenvalue weighted by Gasteiger charge is -2.12. The van der Waals surface area contributed by atoms with Crippen LogP contribution < -0.4 is 0 Å². The molecule has 1 atom stereocenters. The van der Waals surface area contributed by atoms with Gasteiger partial charge in [0.1, 0.15) is 0 Å². The minimum atomic E-state index is -4.55. The zero-order chi connectivity index (χ0) is 15.8. The zero-order valence-corrected chi connectivity index (χ0v) is 12.1. The summed E-state index contributed by atoms with van der Waals surface area (Å²) in [6, 6.07) is 2.34. The number of carboxylic acids is 1. The van der Waals surface area contributed by atoms with Gasteiger partial charge in [0.15, 0.2) is 11.9 Å². The van der Waals surface area contributed by atoms with Crippen LogP contribution in [0, 0.1) is 0 Å². The zero-order valence-electron chi connectivity index (χ0n) is 10.5. The molecule has 0 spiro atoms. The number of hydrogen-bond donors (Lipinski definition) is 1. The van der Waals surface area contributed by atoms with Gasteiger partial charge in [-0.05, 0) is 35.5 Å². The standard InChI is InChI=1S/C11H8BrF3N4O2/c1-5(10(20)21)19-9(16-17-18-19)6-2-3-8(12)7(4-6)11(13,14)15/h2-5H,1H3,(H,20,21). The highest BCUT2D eigenvalue weighted by atomic mass is 79.9. The van der Waals surface area contributed by atoms with E-state index in [0.29, 0.717) is 0 Å². The van der Waals surface area contributed by atoms with Gasteiger partial charge < -0.3 is 5.11 Å². The van der Waals surface area contributed by atoms with Gasteiger partial charge in [0.2, 0.25) is 0 Å². The molecule has 0 bridgehead atoms. The van der Waals surface area contributed by atoms with E-state index in [1.54, 1.807) is 0 Å². The maximum Gasteiger partial charge on any atom is 0.417 e. The molecule has 1 heterocycles. The van der Waals surface area contributed by atoms with Gasteiger partial charge in [-0.25, -0.2) is 9.48 Å². The average Bonchev–Trinajstić information content (AvgIpc) is 2.86. The molecule has 112 valence electrons. The van der Waals surface area contributed by atoms with Crippen molar-refractivity contribution in [1.82, 2.24) is 20.2 Å². The average molecular weight is 365 g/mol. The van der Waals surface area contributed by atoms with Gasteiger partial charge in [-0.3, -0.25) is 0 Å². The quantitative estimate of drug-likeness (QED) is 0.905. The molecule has 0 radical (unpaired) electrons. The van der Waals surface area contributed by atoms with Crippen LogP contribution in [0.3, 0.4) is 0 Å². The lowest BCUT2D eigenvalue weighted by Crippen LogP contribution is -2.18. The van der Waals surface area contributed by atoms with Crippen molar-refractivity contribution in [3.05, 3.63) is 28.2 Å². The predicted molar refractivity (Wildman–Crippen MR) is 68.3 cm³/mol. The number of tetrazole rings is 1. The summed E-state index contributed by atoms with van der Waals surface area (Å²) >= 11 is 2.83. The van der Waals surface area contributed by atoms with Crippen LogP contribution in [0.2, 0.25) is 0 Å². The first-order chi connectivity index (χ1) is 9.71. The number of aromatic nitrogens is 4. The minimum absolute atomic E-state index is 0.0529. The molecule has 1 aromatic carbocycles. The first-order valence-electron chi connectivity index (χ1n) is 5.59. The summed E-state index contributed by atoms with van der Waals surface area (Å²) in [5, 5.41) is 19.4. The monoisotopic (exact) mass is 364 g/mol. The summed E-state index contributed by atoms with van der Waals surface area (Å²) in [5.74, 6) is -1.25. The summed E-state index contributed by atoms with van der Waals surface area (Å²) in [6.07, 6.45) is -4.55. The SMILES string of the molecule is CC(C(=O)O)n1nnnc1-c1ccc(Br)c(C(F)(F)F)c1. The van der Waals surface area contributed by atoms with E-state index in [2.05, 4.69) is 31.5 Å². The number of aliphatic carboxylic acids is 1. The Morgan fingerprint density at radius 1 is 1.43 bits per heavy atom. The minimum Gasteiger partial charge on any atom is -0.480 e. The number of nitrogens with zero attached hydrogens (tertiary/aromatic N) is 4. The molecule has 1 N–H and O–H groups in total. The van der Waals surface area contributed by atoms with Gasteiger partial charge >= 0.3 is 12.1 Å². The normalized spacial score (nSPS) is 13.2. The summed E-state index contributed by atoms with van der Waals surface area (Å²) in [5.41, 5.74) is -0.818. The fourth-order valence-corrected chi connectivity index (χ4v) is 2.10. The third kappa shape index (κ3) is 3.04. The molecule has 10 heteroatoms.